The fraction of sp³-hybridized carbons (Fsp3) is 0.600. The van der Waals surface area contributed by atoms with Crippen molar-refractivity contribution in [2.45, 2.75) is 19.8 Å². The predicted octanol–water partition coefficient (Wildman–Crippen LogP) is 2.77. The zero-order valence-corrected chi connectivity index (χ0v) is 6.51. The summed E-state index contributed by atoms with van der Waals surface area (Å²) in [6, 6.07) is 0. The van der Waals surface area contributed by atoms with Gasteiger partial charge in [0.05, 0.1) is 0 Å². The van der Waals surface area contributed by atoms with Gasteiger partial charge in [0.15, 0.2) is 0 Å². The van der Waals surface area contributed by atoms with Gasteiger partial charge in [0.1, 0.15) is 0 Å². The van der Waals surface area contributed by atoms with Crippen molar-refractivity contribution in [1.29, 1.82) is 0 Å². The lowest BCUT2D eigenvalue weighted by Crippen LogP contribution is -2.06. The van der Waals surface area contributed by atoms with Gasteiger partial charge < -0.3 is 0 Å². The SMILES string of the molecule is C=C(C)[C@H]1C[C@@H]2C=C[C@H]1C2. The van der Waals surface area contributed by atoms with Crippen molar-refractivity contribution < 1.29 is 0 Å². The summed E-state index contributed by atoms with van der Waals surface area (Å²) in [5.74, 6) is 2.56. The maximum atomic E-state index is 4.02. The molecule has 10 heavy (non-hydrogen) atoms. The Balaban J connectivity index is 2.16. The van der Waals surface area contributed by atoms with Gasteiger partial charge in [-0.1, -0.05) is 24.3 Å². The minimum atomic E-state index is 0.815. The molecule has 1 saturated carbocycles. The van der Waals surface area contributed by atoms with Gasteiger partial charge in [-0.05, 0) is 37.5 Å². The highest BCUT2D eigenvalue weighted by atomic mass is 14.4. The van der Waals surface area contributed by atoms with Crippen LogP contribution in [-0.4, -0.2) is 0 Å². The van der Waals surface area contributed by atoms with Crippen LogP contribution >= 0.6 is 0 Å². The Morgan fingerprint density at radius 3 is 2.50 bits per heavy atom. The molecule has 0 heteroatoms. The Kier molecular flexibility index (Phi) is 1.23. The summed E-state index contributed by atoms with van der Waals surface area (Å²) in [7, 11) is 0. The Labute approximate surface area is 62.6 Å². The molecule has 0 amide bonds. The first kappa shape index (κ1) is 6.21. The van der Waals surface area contributed by atoms with Crippen LogP contribution in [0.15, 0.2) is 24.3 Å². The second-order valence-electron chi connectivity index (χ2n) is 3.73. The summed E-state index contributed by atoms with van der Waals surface area (Å²) in [5, 5.41) is 0. The molecule has 0 aromatic carbocycles. The topological polar surface area (TPSA) is 0 Å². The predicted molar refractivity (Wildman–Crippen MR) is 43.7 cm³/mol. The molecule has 0 spiro atoms. The van der Waals surface area contributed by atoms with E-state index in [1.165, 1.54) is 18.4 Å². The Hall–Kier alpha value is -0.520. The second-order valence-corrected chi connectivity index (χ2v) is 3.73. The van der Waals surface area contributed by atoms with E-state index in [-0.39, 0.29) is 0 Å². The third kappa shape index (κ3) is 0.749. The molecule has 0 aromatic heterocycles. The number of hydrogen-bond donors (Lipinski definition) is 0. The highest BCUT2D eigenvalue weighted by molar-refractivity contribution is 5.17. The molecule has 3 atom stereocenters. The van der Waals surface area contributed by atoms with E-state index < -0.39 is 0 Å². The van der Waals surface area contributed by atoms with Crippen LogP contribution in [0.1, 0.15) is 19.8 Å². The van der Waals surface area contributed by atoms with Crippen LogP contribution < -0.4 is 0 Å². The smallest absolute Gasteiger partial charge is 0.0140 e. The first-order chi connectivity index (χ1) is 4.77. The van der Waals surface area contributed by atoms with Crippen LogP contribution in [0, 0.1) is 17.8 Å². The van der Waals surface area contributed by atoms with Crippen molar-refractivity contribution in [3.05, 3.63) is 24.3 Å². The van der Waals surface area contributed by atoms with E-state index in [1.807, 2.05) is 0 Å². The standard InChI is InChI=1S/C10H14/c1-7(2)10-6-8-3-4-9(10)5-8/h3-4,8-10H,1,5-6H2,2H3/t8-,9+,10-/m1/s1. The van der Waals surface area contributed by atoms with E-state index in [2.05, 4.69) is 25.7 Å². The third-order valence-corrected chi connectivity index (χ3v) is 2.91. The van der Waals surface area contributed by atoms with Crippen molar-refractivity contribution in [2.24, 2.45) is 17.8 Å². The summed E-state index contributed by atoms with van der Waals surface area (Å²) in [6.07, 6.45) is 7.53. The van der Waals surface area contributed by atoms with E-state index >= 15 is 0 Å². The van der Waals surface area contributed by atoms with Crippen molar-refractivity contribution in [3.8, 4) is 0 Å². The molecule has 54 valence electrons. The minimum absolute atomic E-state index is 0.815. The molecule has 0 aliphatic heterocycles. The molecular formula is C10H14. The maximum Gasteiger partial charge on any atom is -0.0140 e. The maximum absolute atomic E-state index is 4.02. The molecule has 2 aliphatic rings. The van der Waals surface area contributed by atoms with Gasteiger partial charge in [-0.2, -0.15) is 0 Å². The summed E-state index contributed by atoms with van der Waals surface area (Å²) >= 11 is 0. The normalized spacial score (nSPS) is 42.7. The van der Waals surface area contributed by atoms with Crippen LogP contribution in [0.4, 0.5) is 0 Å². The zero-order chi connectivity index (χ0) is 7.14. The second kappa shape index (κ2) is 1.98. The number of rotatable bonds is 1. The molecule has 1 fully saturated rings. The zero-order valence-electron chi connectivity index (χ0n) is 6.51. The van der Waals surface area contributed by atoms with Gasteiger partial charge in [0, 0.05) is 0 Å². The van der Waals surface area contributed by atoms with Gasteiger partial charge in [-0.15, -0.1) is 0 Å². The summed E-state index contributed by atoms with van der Waals surface area (Å²) in [5.41, 5.74) is 1.39. The van der Waals surface area contributed by atoms with E-state index in [4.69, 9.17) is 0 Å². The lowest BCUT2D eigenvalue weighted by atomic mass is 9.88. The number of allylic oxidation sites excluding steroid dienone is 3. The lowest BCUT2D eigenvalue weighted by molar-refractivity contribution is 0.521. The van der Waals surface area contributed by atoms with Crippen molar-refractivity contribution >= 4 is 0 Å². The van der Waals surface area contributed by atoms with E-state index in [9.17, 15) is 0 Å². The molecule has 2 aliphatic carbocycles. The number of hydrogen-bond acceptors (Lipinski definition) is 0. The molecule has 0 unspecified atom stereocenters. The highest BCUT2D eigenvalue weighted by Crippen LogP contribution is 2.45. The molecule has 0 nitrogen and oxygen atoms in total. The third-order valence-electron chi connectivity index (χ3n) is 2.91. The molecular weight excluding hydrogens is 120 g/mol. The van der Waals surface area contributed by atoms with Gasteiger partial charge in [0.25, 0.3) is 0 Å². The molecule has 0 aromatic rings. The number of fused-ring (bicyclic) bond motifs is 2. The Bertz CT molecular complexity index is 188. The Morgan fingerprint density at radius 2 is 2.20 bits per heavy atom. The minimum Gasteiger partial charge on any atom is -0.0998 e. The van der Waals surface area contributed by atoms with E-state index in [0.29, 0.717) is 0 Å². The van der Waals surface area contributed by atoms with Crippen molar-refractivity contribution in [1.82, 2.24) is 0 Å². The van der Waals surface area contributed by atoms with Crippen LogP contribution in [0.25, 0.3) is 0 Å². The van der Waals surface area contributed by atoms with Crippen LogP contribution in [0.5, 0.6) is 0 Å². The van der Waals surface area contributed by atoms with Crippen LogP contribution in [0.3, 0.4) is 0 Å². The fourth-order valence-corrected chi connectivity index (χ4v) is 2.35. The average molecular weight is 134 g/mol. The highest BCUT2D eigenvalue weighted by Gasteiger charge is 2.35. The summed E-state index contributed by atoms with van der Waals surface area (Å²) in [4.78, 5) is 0. The average Bonchev–Trinajstić information content (AvgIpc) is 2.44. The molecule has 2 rings (SSSR count). The van der Waals surface area contributed by atoms with Gasteiger partial charge in [-0.25, -0.2) is 0 Å². The van der Waals surface area contributed by atoms with Crippen molar-refractivity contribution in [2.75, 3.05) is 0 Å². The fourth-order valence-electron chi connectivity index (χ4n) is 2.35. The molecule has 0 saturated heterocycles. The Morgan fingerprint density at radius 1 is 1.40 bits per heavy atom. The van der Waals surface area contributed by atoms with E-state index in [1.54, 1.807) is 0 Å². The first-order valence-electron chi connectivity index (χ1n) is 4.11. The van der Waals surface area contributed by atoms with Gasteiger partial charge in [0.2, 0.25) is 0 Å². The van der Waals surface area contributed by atoms with Gasteiger partial charge >= 0.3 is 0 Å². The molecule has 2 bridgehead atoms. The first-order valence-corrected chi connectivity index (χ1v) is 4.11. The van der Waals surface area contributed by atoms with E-state index in [0.717, 1.165) is 17.8 Å². The van der Waals surface area contributed by atoms with Crippen LogP contribution in [0.2, 0.25) is 0 Å². The summed E-state index contributed by atoms with van der Waals surface area (Å²) in [6.45, 7) is 6.19. The lowest BCUT2D eigenvalue weighted by Gasteiger charge is -2.17. The largest absolute Gasteiger partial charge is 0.0998 e. The monoisotopic (exact) mass is 134 g/mol. The van der Waals surface area contributed by atoms with Gasteiger partial charge in [-0.3, -0.25) is 0 Å². The summed E-state index contributed by atoms with van der Waals surface area (Å²) < 4.78 is 0. The quantitative estimate of drug-likeness (QED) is 0.484. The van der Waals surface area contributed by atoms with Crippen molar-refractivity contribution in [3.63, 3.8) is 0 Å². The van der Waals surface area contributed by atoms with Crippen LogP contribution in [-0.2, 0) is 0 Å². The molecule has 0 heterocycles. The molecule has 0 radical (unpaired) electrons. The molecule has 0 N–H and O–H groups in total.